The molecule has 0 aromatic heterocycles. The molecule has 2 unspecified atom stereocenters. The molecule has 2 atom stereocenters. The molecule has 2 rings (SSSR count). The lowest BCUT2D eigenvalue weighted by Gasteiger charge is -2.49. The maximum absolute atomic E-state index is 14.7. The first kappa shape index (κ1) is 17.8. The van der Waals surface area contributed by atoms with Gasteiger partial charge in [0.1, 0.15) is 5.92 Å². The lowest BCUT2D eigenvalue weighted by molar-refractivity contribution is -0.354. The molecule has 1 N–H and O–H groups in total. The van der Waals surface area contributed by atoms with E-state index in [1.54, 1.807) is 0 Å². The van der Waals surface area contributed by atoms with Crippen LogP contribution in [0, 0.1) is 0 Å². The Morgan fingerprint density at radius 1 is 0.913 bits per heavy atom. The maximum atomic E-state index is 14.7. The third-order valence-electron chi connectivity index (χ3n) is 3.86. The third kappa shape index (κ3) is 2.18. The van der Waals surface area contributed by atoms with Gasteiger partial charge in [0.2, 0.25) is 5.85 Å². The van der Waals surface area contributed by atoms with Crippen molar-refractivity contribution in [2.75, 3.05) is 0 Å². The van der Waals surface area contributed by atoms with Gasteiger partial charge in [0.05, 0.1) is 5.57 Å². The van der Waals surface area contributed by atoms with E-state index in [1.807, 2.05) is 0 Å². The second-order valence-corrected chi connectivity index (χ2v) is 5.66. The van der Waals surface area contributed by atoms with E-state index >= 15 is 0 Å². The van der Waals surface area contributed by atoms with E-state index < -0.39 is 46.2 Å². The Kier molecular flexibility index (Phi) is 3.83. The molecule has 1 aliphatic rings. The van der Waals surface area contributed by atoms with Gasteiger partial charge in [0, 0.05) is 0 Å². The molecule has 23 heavy (non-hydrogen) atoms. The van der Waals surface area contributed by atoms with Crippen molar-refractivity contribution in [3.05, 3.63) is 47.0 Å². The predicted octanol–water partition coefficient (Wildman–Crippen LogP) is 4.68. The predicted molar refractivity (Wildman–Crippen MR) is 68.5 cm³/mol. The summed E-state index contributed by atoms with van der Waals surface area (Å²) in [5.41, 5.74) is -3.44. The van der Waals surface area contributed by atoms with Crippen molar-refractivity contribution in [3.8, 4) is 0 Å². The minimum atomic E-state index is -5.87. The zero-order chi connectivity index (χ0) is 17.8. The van der Waals surface area contributed by atoms with Gasteiger partial charge in [-0.2, -0.15) is 26.3 Å². The monoisotopic (exact) mass is 342 g/mol. The van der Waals surface area contributed by atoms with E-state index in [1.165, 1.54) is 6.07 Å². The summed E-state index contributed by atoms with van der Waals surface area (Å²) in [6.45, 7) is 1.69. The summed E-state index contributed by atoms with van der Waals surface area (Å²) < 4.78 is 98.3. The summed E-state index contributed by atoms with van der Waals surface area (Å²) >= 11 is 0. The highest BCUT2D eigenvalue weighted by atomic mass is 19.3. The second kappa shape index (κ2) is 4.96. The molecular weight excluding hydrogens is 329 g/mol. The first-order chi connectivity index (χ1) is 10.3. The molecule has 0 heterocycles. The van der Waals surface area contributed by atoms with Gasteiger partial charge in [0.15, 0.2) is 0 Å². The maximum Gasteiger partial charge on any atom is 0.377 e. The molecule has 0 aliphatic heterocycles. The van der Waals surface area contributed by atoms with Crippen LogP contribution < -0.4 is 0 Å². The summed E-state index contributed by atoms with van der Waals surface area (Å²) in [5, 5.41) is 9.80. The Balaban J connectivity index is 2.84. The summed E-state index contributed by atoms with van der Waals surface area (Å²) in [6.07, 6.45) is 0. The van der Waals surface area contributed by atoms with Crippen molar-refractivity contribution < 1.29 is 35.8 Å². The van der Waals surface area contributed by atoms with Crippen molar-refractivity contribution in [3.63, 3.8) is 0 Å². The minimum absolute atomic E-state index is 0.698. The van der Waals surface area contributed by atoms with Crippen LogP contribution in [0.15, 0.2) is 41.5 Å². The number of benzene rings is 1. The summed E-state index contributed by atoms with van der Waals surface area (Å²) in [7, 11) is 0. The second-order valence-electron chi connectivity index (χ2n) is 5.66. The van der Waals surface area contributed by atoms with Crippen LogP contribution in [-0.4, -0.2) is 28.7 Å². The van der Waals surface area contributed by atoms with Crippen molar-refractivity contribution in [2.45, 2.75) is 43.4 Å². The SMILES string of the molecule is CC(C)=C1C(O)(F)C(c2ccccc2)C(F)(F)C(F)(F)C1(F)F. The van der Waals surface area contributed by atoms with Gasteiger partial charge < -0.3 is 5.11 Å². The van der Waals surface area contributed by atoms with Crippen molar-refractivity contribution >= 4 is 0 Å². The first-order valence-corrected chi connectivity index (χ1v) is 6.57. The zero-order valence-corrected chi connectivity index (χ0v) is 12.1. The van der Waals surface area contributed by atoms with Crippen LogP contribution in [0.25, 0.3) is 0 Å². The van der Waals surface area contributed by atoms with Crippen molar-refractivity contribution in [1.29, 1.82) is 0 Å². The quantitative estimate of drug-likeness (QED) is 0.580. The minimum Gasteiger partial charge on any atom is -0.358 e. The Hall–Kier alpha value is -1.57. The molecule has 1 fully saturated rings. The Morgan fingerprint density at radius 3 is 1.83 bits per heavy atom. The molecule has 0 spiro atoms. The number of rotatable bonds is 1. The number of allylic oxidation sites excluding steroid dienone is 1. The van der Waals surface area contributed by atoms with Gasteiger partial charge in [-0.1, -0.05) is 35.9 Å². The van der Waals surface area contributed by atoms with E-state index in [2.05, 4.69) is 0 Å². The smallest absolute Gasteiger partial charge is 0.358 e. The van der Waals surface area contributed by atoms with Crippen LogP contribution >= 0.6 is 0 Å². The molecule has 1 aromatic rings. The number of hydrogen-bond acceptors (Lipinski definition) is 1. The van der Waals surface area contributed by atoms with Crippen LogP contribution in [-0.2, 0) is 0 Å². The van der Waals surface area contributed by atoms with Crippen molar-refractivity contribution in [2.24, 2.45) is 0 Å². The Bertz CT molecular complexity index is 630. The van der Waals surface area contributed by atoms with Gasteiger partial charge in [0.25, 0.3) is 0 Å². The summed E-state index contributed by atoms with van der Waals surface area (Å²) in [5.74, 6) is -24.4. The van der Waals surface area contributed by atoms with E-state index in [-0.39, 0.29) is 0 Å². The van der Waals surface area contributed by atoms with Crippen LogP contribution in [0.1, 0.15) is 25.3 Å². The molecule has 8 heteroatoms. The summed E-state index contributed by atoms with van der Waals surface area (Å²) in [6, 6.07) is 5.37. The number of hydrogen-bond donors (Lipinski definition) is 1. The number of aliphatic hydroxyl groups is 1. The largest absolute Gasteiger partial charge is 0.377 e. The van der Waals surface area contributed by atoms with Crippen LogP contribution in [0.4, 0.5) is 30.7 Å². The van der Waals surface area contributed by atoms with Gasteiger partial charge in [-0.25, -0.2) is 4.39 Å². The molecule has 128 valence electrons. The molecule has 1 saturated carbocycles. The number of halogens is 7. The fourth-order valence-electron chi connectivity index (χ4n) is 2.89. The first-order valence-electron chi connectivity index (χ1n) is 6.57. The molecule has 1 aromatic carbocycles. The van der Waals surface area contributed by atoms with Crippen LogP contribution in [0.3, 0.4) is 0 Å². The average molecular weight is 342 g/mol. The zero-order valence-electron chi connectivity index (χ0n) is 12.1. The van der Waals surface area contributed by atoms with Crippen LogP contribution in [0.5, 0.6) is 0 Å². The lowest BCUT2D eigenvalue weighted by atomic mass is 9.69. The Labute approximate surface area is 127 Å². The molecular formula is C15H13F7O. The average Bonchev–Trinajstić information content (AvgIpc) is 2.36. The number of alkyl halides is 7. The molecule has 0 saturated heterocycles. The molecule has 1 nitrogen and oxygen atoms in total. The highest BCUT2D eigenvalue weighted by Gasteiger charge is 2.84. The van der Waals surface area contributed by atoms with E-state index in [9.17, 15) is 35.8 Å². The summed E-state index contributed by atoms with van der Waals surface area (Å²) in [4.78, 5) is 0. The van der Waals surface area contributed by atoms with E-state index in [0.29, 0.717) is 0 Å². The van der Waals surface area contributed by atoms with E-state index in [0.717, 1.165) is 38.1 Å². The molecule has 1 aliphatic carbocycles. The molecule has 0 bridgehead atoms. The fourth-order valence-corrected chi connectivity index (χ4v) is 2.89. The highest BCUT2D eigenvalue weighted by molar-refractivity contribution is 5.42. The Morgan fingerprint density at radius 2 is 1.39 bits per heavy atom. The standard InChI is InChI=1S/C15H13F7O/c1-8(2)10-12(16,23)11(9-6-4-3-5-7-9)14(19,20)15(21,22)13(10,17)18/h3-7,11,23H,1-2H3. The van der Waals surface area contributed by atoms with Gasteiger partial charge in [-0.15, -0.1) is 0 Å². The normalized spacial score (nSPS) is 31.7. The molecule has 0 amide bonds. The third-order valence-corrected chi connectivity index (χ3v) is 3.86. The van der Waals surface area contributed by atoms with Gasteiger partial charge in [-0.3, -0.25) is 0 Å². The topological polar surface area (TPSA) is 20.2 Å². The van der Waals surface area contributed by atoms with Gasteiger partial charge >= 0.3 is 17.8 Å². The lowest BCUT2D eigenvalue weighted by Crippen LogP contribution is -2.68. The fraction of sp³-hybridized carbons (Fsp3) is 0.467. The van der Waals surface area contributed by atoms with Gasteiger partial charge in [-0.05, 0) is 19.4 Å². The van der Waals surface area contributed by atoms with E-state index in [4.69, 9.17) is 0 Å². The van der Waals surface area contributed by atoms with Crippen molar-refractivity contribution in [1.82, 2.24) is 0 Å². The van der Waals surface area contributed by atoms with Crippen LogP contribution in [0.2, 0.25) is 0 Å². The molecule has 0 radical (unpaired) electrons. The highest BCUT2D eigenvalue weighted by Crippen LogP contribution is 2.65.